The zero-order valence-electron chi connectivity index (χ0n) is 45.3. The zero-order valence-corrected chi connectivity index (χ0v) is 45.3. The van der Waals surface area contributed by atoms with Crippen molar-refractivity contribution in [1.29, 1.82) is 0 Å². The van der Waals surface area contributed by atoms with E-state index in [4.69, 9.17) is 0 Å². The Morgan fingerprint density at radius 2 is 0.571 bits per heavy atom. The van der Waals surface area contributed by atoms with E-state index in [2.05, 4.69) is 255 Å². The normalized spacial score (nSPS) is 13.5. The Hall–Kier alpha value is -6.58. The molecule has 9 aromatic rings. The van der Waals surface area contributed by atoms with Crippen LogP contribution < -0.4 is 14.7 Å². The Bertz CT molecular complexity index is 3340. The Kier molecular flexibility index (Phi) is 10.9. The van der Waals surface area contributed by atoms with Crippen molar-refractivity contribution in [2.45, 2.75) is 141 Å². The van der Waals surface area contributed by atoms with E-state index in [0.29, 0.717) is 0 Å². The van der Waals surface area contributed by atoms with E-state index < -0.39 is 0 Å². The molecule has 3 nitrogen and oxygen atoms in total. The summed E-state index contributed by atoms with van der Waals surface area (Å²) in [5.41, 5.74) is 25.4. The molecule has 0 N–H and O–H groups in total. The molecule has 0 saturated carbocycles. The van der Waals surface area contributed by atoms with E-state index in [0.717, 1.165) is 22.7 Å². The quantitative estimate of drug-likeness (QED) is 0.164. The highest BCUT2D eigenvalue weighted by Crippen LogP contribution is 2.55. The zero-order chi connectivity index (χ0) is 50.3. The fraction of sp³-hybridized carbons (Fsp3) is 0.313. The summed E-state index contributed by atoms with van der Waals surface area (Å²) in [5.74, 6) is 0. The summed E-state index contributed by atoms with van der Waals surface area (Å²) in [4.78, 5) is 7.86. The van der Waals surface area contributed by atoms with Gasteiger partial charge in [-0.3, -0.25) is 0 Å². The topological polar surface area (TPSA) is 9.72 Å². The maximum Gasteiger partial charge on any atom is 0.0561 e. The number of hydrogen-bond acceptors (Lipinski definition) is 3. The molecule has 1 aliphatic heterocycles. The van der Waals surface area contributed by atoms with Gasteiger partial charge in [0.15, 0.2) is 0 Å². The van der Waals surface area contributed by atoms with E-state index in [1.165, 1.54) is 128 Å². The van der Waals surface area contributed by atoms with Gasteiger partial charge in [0.2, 0.25) is 0 Å². The number of anilines is 9. The van der Waals surface area contributed by atoms with Gasteiger partial charge in [-0.15, -0.1) is 0 Å². The van der Waals surface area contributed by atoms with Gasteiger partial charge in [0.05, 0.1) is 28.4 Å². The van der Waals surface area contributed by atoms with Crippen LogP contribution >= 0.6 is 0 Å². The third kappa shape index (κ3) is 7.81. The second kappa shape index (κ2) is 16.2. The molecule has 0 fully saturated rings. The van der Waals surface area contributed by atoms with Crippen LogP contribution in [0.2, 0.25) is 0 Å². The average Bonchev–Trinajstić information content (AvgIpc) is 3.24. The van der Waals surface area contributed by atoms with Crippen molar-refractivity contribution in [3.8, 4) is 0 Å². The summed E-state index contributed by atoms with van der Waals surface area (Å²) in [7, 11) is 0. The molecule has 0 unspecified atom stereocenters. The van der Waals surface area contributed by atoms with Crippen molar-refractivity contribution < 1.29 is 0 Å². The minimum atomic E-state index is -0.164. The lowest BCUT2D eigenvalue weighted by molar-refractivity contribution is 0.590. The maximum atomic E-state index is 2.63. The predicted molar refractivity (Wildman–Crippen MR) is 306 cm³/mol. The largest absolute Gasteiger partial charge is 0.310 e. The van der Waals surface area contributed by atoms with Crippen LogP contribution in [0.3, 0.4) is 0 Å². The Morgan fingerprint density at radius 3 is 0.886 bits per heavy atom. The van der Waals surface area contributed by atoms with Crippen molar-refractivity contribution in [3.63, 3.8) is 0 Å². The van der Waals surface area contributed by atoms with Gasteiger partial charge < -0.3 is 14.7 Å². The lowest BCUT2D eigenvalue weighted by Crippen LogP contribution is -2.22. The Labute approximate surface area is 419 Å². The standard InChI is InChI=1S/C67H73N3/c1-38-23-41(4)62(42(5)24-38)68-52-31-50(66(13,14)15)33-54(35-52)69(63-43(6)25-39(2)26-44(63)7)58-37-59(57-22-20-48-30-49(65(10,11)12)29-47-19-21-56(58)61(57)60(47)48)70(64-45(8)27-40(3)28-46(64)9)55-34-51(67(16,17)18)32-53(68)36-55/h19-37H,1-18H3. The minimum absolute atomic E-state index is 0.00177. The smallest absolute Gasteiger partial charge is 0.0561 e. The first-order valence-electron chi connectivity index (χ1n) is 25.5. The SMILES string of the molecule is Cc1cc(C)c(N2c3cc(cc(C(C)(C)C)c3)N(c3c(C)cc(C)cc3C)c3cc(c4ccc5cc(C(C)(C)C)cc6ccc3c4c65)N(c3c(C)cc(C)cc3C)c3cc2cc(C(C)(C)C)c3)c(C)c1. The van der Waals surface area contributed by atoms with Crippen LogP contribution in [-0.4, -0.2) is 0 Å². The summed E-state index contributed by atoms with van der Waals surface area (Å²) in [6, 6.07) is 46.2. The number of fused-ring (bicyclic) bond motifs is 8. The van der Waals surface area contributed by atoms with Crippen LogP contribution in [0.1, 0.15) is 129 Å². The number of aryl methyl sites for hydroxylation is 9. The van der Waals surface area contributed by atoms with E-state index in [-0.39, 0.29) is 16.2 Å². The molecule has 0 spiro atoms. The number of benzene rings is 9. The molecule has 0 radical (unpaired) electrons. The van der Waals surface area contributed by atoms with Crippen LogP contribution in [0.5, 0.6) is 0 Å². The molecule has 9 aromatic carbocycles. The van der Waals surface area contributed by atoms with Gasteiger partial charge in [0.25, 0.3) is 0 Å². The van der Waals surface area contributed by atoms with Crippen LogP contribution in [0.25, 0.3) is 32.3 Å². The molecule has 70 heavy (non-hydrogen) atoms. The van der Waals surface area contributed by atoms with Gasteiger partial charge in [-0.1, -0.05) is 152 Å². The first-order chi connectivity index (χ1) is 32.8. The molecular formula is C67H73N3. The molecule has 0 atom stereocenters. The lowest BCUT2D eigenvalue weighted by Gasteiger charge is -2.38. The van der Waals surface area contributed by atoms with E-state index in [1.807, 2.05) is 0 Å². The predicted octanol–water partition coefficient (Wildman–Crippen LogP) is 20.0. The number of hydrogen-bond donors (Lipinski definition) is 0. The van der Waals surface area contributed by atoms with Crippen molar-refractivity contribution in [2.75, 3.05) is 14.7 Å². The molecule has 356 valence electrons. The van der Waals surface area contributed by atoms with Crippen LogP contribution in [0, 0.1) is 62.3 Å². The van der Waals surface area contributed by atoms with Crippen molar-refractivity contribution in [2.24, 2.45) is 0 Å². The Balaban J connectivity index is 1.51. The van der Waals surface area contributed by atoms with Gasteiger partial charge in [-0.05, 0) is 187 Å². The van der Waals surface area contributed by atoms with Crippen molar-refractivity contribution in [3.05, 3.63) is 182 Å². The summed E-state index contributed by atoms with van der Waals surface area (Å²) >= 11 is 0. The average molecular weight is 920 g/mol. The van der Waals surface area contributed by atoms with Crippen molar-refractivity contribution >= 4 is 83.5 Å². The highest BCUT2D eigenvalue weighted by Gasteiger charge is 2.32. The van der Waals surface area contributed by atoms with E-state index in [9.17, 15) is 0 Å². The van der Waals surface area contributed by atoms with Crippen LogP contribution in [-0.2, 0) is 16.2 Å². The third-order valence-electron chi connectivity index (χ3n) is 15.2. The van der Waals surface area contributed by atoms with Gasteiger partial charge in [-0.2, -0.15) is 0 Å². The fourth-order valence-electron chi connectivity index (χ4n) is 12.0. The van der Waals surface area contributed by atoms with Gasteiger partial charge in [0, 0.05) is 38.9 Å². The first-order valence-corrected chi connectivity index (χ1v) is 25.5. The molecule has 1 heterocycles. The monoisotopic (exact) mass is 920 g/mol. The molecule has 1 aliphatic rings. The number of nitrogens with zero attached hydrogens (tertiary/aromatic N) is 3. The van der Waals surface area contributed by atoms with Crippen LogP contribution in [0.4, 0.5) is 51.2 Å². The minimum Gasteiger partial charge on any atom is -0.310 e. The third-order valence-corrected chi connectivity index (χ3v) is 15.2. The summed E-state index contributed by atoms with van der Waals surface area (Å²) in [6.07, 6.45) is 0. The van der Waals surface area contributed by atoms with Gasteiger partial charge >= 0.3 is 0 Å². The second-order valence-corrected chi connectivity index (χ2v) is 24.3. The summed E-state index contributed by atoms with van der Waals surface area (Å²) in [5, 5.41) is 7.65. The molecular weight excluding hydrogens is 847 g/mol. The number of rotatable bonds is 3. The lowest BCUT2D eigenvalue weighted by atomic mass is 9.82. The van der Waals surface area contributed by atoms with Crippen molar-refractivity contribution in [1.82, 2.24) is 0 Å². The summed E-state index contributed by atoms with van der Waals surface area (Å²) in [6.45, 7) is 41.7. The molecule has 0 aliphatic carbocycles. The highest BCUT2D eigenvalue weighted by molar-refractivity contribution is 6.29. The maximum absolute atomic E-state index is 2.63. The van der Waals surface area contributed by atoms with E-state index in [1.54, 1.807) is 0 Å². The molecule has 3 heteroatoms. The fourth-order valence-corrected chi connectivity index (χ4v) is 12.0. The first kappa shape index (κ1) is 47.1. The van der Waals surface area contributed by atoms with Crippen LogP contribution in [0.15, 0.2) is 115 Å². The molecule has 0 saturated heterocycles. The van der Waals surface area contributed by atoms with E-state index >= 15 is 0 Å². The Morgan fingerprint density at radius 1 is 0.286 bits per heavy atom. The molecule has 10 rings (SSSR count). The highest BCUT2D eigenvalue weighted by atomic mass is 15.2. The van der Waals surface area contributed by atoms with Gasteiger partial charge in [0.1, 0.15) is 0 Å². The second-order valence-electron chi connectivity index (χ2n) is 24.3. The van der Waals surface area contributed by atoms with Gasteiger partial charge in [-0.25, -0.2) is 0 Å². The molecule has 0 amide bonds. The molecule has 6 bridgehead atoms. The summed E-state index contributed by atoms with van der Waals surface area (Å²) < 4.78 is 0. The molecule has 0 aromatic heterocycles.